The van der Waals surface area contributed by atoms with Crippen molar-refractivity contribution in [1.29, 1.82) is 0 Å². The molecule has 3 N–H and O–H groups in total. The van der Waals surface area contributed by atoms with Crippen LogP contribution in [0.4, 0.5) is 0 Å². The molecule has 2 atom stereocenters. The molecular formula is C12H26N2. The van der Waals surface area contributed by atoms with Gasteiger partial charge in [-0.25, -0.2) is 0 Å². The zero-order chi connectivity index (χ0) is 10.6. The van der Waals surface area contributed by atoms with Crippen molar-refractivity contribution < 1.29 is 0 Å². The van der Waals surface area contributed by atoms with Crippen LogP contribution in [0.15, 0.2) is 0 Å². The maximum absolute atomic E-state index is 6.37. The highest BCUT2D eigenvalue weighted by Crippen LogP contribution is 2.31. The zero-order valence-corrected chi connectivity index (χ0v) is 9.92. The molecular weight excluding hydrogens is 172 g/mol. The summed E-state index contributed by atoms with van der Waals surface area (Å²) in [5.41, 5.74) is 6.37. The van der Waals surface area contributed by atoms with Gasteiger partial charge in [0.1, 0.15) is 0 Å². The molecule has 0 bridgehead atoms. The Morgan fingerprint density at radius 2 is 1.86 bits per heavy atom. The van der Waals surface area contributed by atoms with Crippen LogP contribution in [-0.2, 0) is 0 Å². The van der Waals surface area contributed by atoms with E-state index in [1.165, 1.54) is 25.7 Å². The largest absolute Gasteiger partial charge is 0.327 e. The molecule has 0 aromatic heterocycles. The van der Waals surface area contributed by atoms with E-state index in [0.29, 0.717) is 17.9 Å². The van der Waals surface area contributed by atoms with Gasteiger partial charge < -0.3 is 11.1 Å². The van der Waals surface area contributed by atoms with E-state index in [2.05, 4.69) is 19.2 Å². The van der Waals surface area contributed by atoms with Crippen LogP contribution in [0.2, 0.25) is 0 Å². The molecule has 0 saturated heterocycles. The van der Waals surface area contributed by atoms with E-state index < -0.39 is 0 Å². The fourth-order valence-electron chi connectivity index (χ4n) is 2.74. The molecule has 84 valence electrons. The van der Waals surface area contributed by atoms with Crippen molar-refractivity contribution in [2.24, 2.45) is 23.5 Å². The van der Waals surface area contributed by atoms with Crippen LogP contribution >= 0.6 is 0 Å². The number of nitrogens with one attached hydrogen (secondary N) is 1. The van der Waals surface area contributed by atoms with Gasteiger partial charge in [-0.2, -0.15) is 0 Å². The lowest BCUT2D eigenvalue weighted by Gasteiger charge is -2.31. The Bertz CT molecular complexity index is 150. The Kier molecular flexibility index (Phi) is 4.90. The van der Waals surface area contributed by atoms with Gasteiger partial charge in [-0.15, -0.1) is 0 Å². The first-order chi connectivity index (χ1) is 6.66. The summed E-state index contributed by atoms with van der Waals surface area (Å²) in [6.45, 7) is 5.64. The molecule has 0 spiro atoms. The molecule has 2 heteroatoms. The first kappa shape index (κ1) is 12.0. The molecule has 1 rings (SSSR count). The summed E-state index contributed by atoms with van der Waals surface area (Å²) in [5.74, 6) is 2.12. The van der Waals surface area contributed by atoms with Crippen LogP contribution in [0.5, 0.6) is 0 Å². The highest BCUT2D eigenvalue weighted by Gasteiger charge is 2.29. The van der Waals surface area contributed by atoms with Gasteiger partial charge in [-0.3, -0.25) is 0 Å². The standard InChI is InChI=1S/C12H26N2/c1-9(2)11(8-14-3)12(13)10-6-4-5-7-10/h9-12,14H,4-8,13H2,1-3H3. The van der Waals surface area contributed by atoms with E-state index >= 15 is 0 Å². The van der Waals surface area contributed by atoms with Crippen molar-refractivity contribution in [2.75, 3.05) is 13.6 Å². The molecule has 0 heterocycles. The van der Waals surface area contributed by atoms with E-state index in [4.69, 9.17) is 5.73 Å². The van der Waals surface area contributed by atoms with Crippen molar-refractivity contribution in [3.63, 3.8) is 0 Å². The third-order valence-corrected chi connectivity index (χ3v) is 3.73. The molecule has 1 aliphatic rings. The highest BCUT2D eigenvalue weighted by molar-refractivity contribution is 4.85. The molecule has 0 aromatic rings. The van der Waals surface area contributed by atoms with Crippen LogP contribution in [0, 0.1) is 17.8 Å². The number of rotatable bonds is 5. The predicted molar refractivity (Wildman–Crippen MR) is 62.2 cm³/mol. The van der Waals surface area contributed by atoms with Gasteiger partial charge in [0.05, 0.1) is 0 Å². The van der Waals surface area contributed by atoms with Gasteiger partial charge in [-0.1, -0.05) is 26.7 Å². The summed E-state index contributed by atoms with van der Waals surface area (Å²) in [6, 6.07) is 0.407. The van der Waals surface area contributed by atoms with Crippen LogP contribution in [0.1, 0.15) is 39.5 Å². The molecule has 2 nitrogen and oxygen atoms in total. The van der Waals surface area contributed by atoms with Crippen LogP contribution < -0.4 is 11.1 Å². The van der Waals surface area contributed by atoms with Crippen LogP contribution in [-0.4, -0.2) is 19.6 Å². The molecule has 0 aromatic carbocycles. The summed E-state index contributed by atoms with van der Waals surface area (Å²) in [4.78, 5) is 0. The number of hydrogen-bond acceptors (Lipinski definition) is 2. The van der Waals surface area contributed by atoms with E-state index in [-0.39, 0.29) is 0 Å². The topological polar surface area (TPSA) is 38.0 Å². The summed E-state index contributed by atoms with van der Waals surface area (Å²) in [6.07, 6.45) is 5.49. The third-order valence-electron chi connectivity index (χ3n) is 3.73. The van der Waals surface area contributed by atoms with Crippen molar-refractivity contribution >= 4 is 0 Å². The summed E-state index contributed by atoms with van der Waals surface area (Å²) in [7, 11) is 2.02. The van der Waals surface area contributed by atoms with Gasteiger partial charge in [-0.05, 0) is 44.2 Å². The van der Waals surface area contributed by atoms with E-state index in [1.807, 2.05) is 7.05 Å². The van der Waals surface area contributed by atoms with Crippen LogP contribution in [0.3, 0.4) is 0 Å². The second kappa shape index (κ2) is 5.72. The van der Waals surface area contributed by atoms with Crippen molar-refractivity contribution in [2.45, 2.75) is 45.6 Å². The normalized spacial score (nSPS) is 22.9. The minimum atomic E-state index is 0.407. The molecule has 0 radical (unpaired) electrons. The molecule has 1 aliphatic carbocycles. The molecule has 2 unspecified atom stereocenters. The zero-order valence-electron chi connectivity index (χ0n) is 9.92. The Balaban J connectivity index is 2.48. The first-order valence-corrected chi connectivity index (χ1v) is 6.07. The monoisotopic (exact) mass is 198 g/mol. The SMILES string of the molecule is CNCC(C(C)C)C(N)C1CCCC1. The lowest BCUT2D eigenvalue weighted by Crippen LogP contribution is -2.43. The summed E-state index contributed by atoms with van der Waals surface area (Å²) < 4.78 is 0. The molecule has 0 aliphatic heterocycles. The van der Waals surface area contributed by atoms with Crippen LogP contribution in [0.25, 0.3) is 0 Å². The second-order valence-corrected chi connectivity index (χ2v) is 5.09. The number of nitrogens with two attached hydrogens (primary N) is 1. The molecule has 1 saturated carbocycles. The van der Waals surface area contributed by atoms with Gasteiger partial charge in [0.15, 0.2) is 0 Å². The summed E-state index contributed by atoms with van der Waals surface area (Å²) >= 11 is 0. The maximum atomic E-state index is 6.37. The minimum Gasteiger partial charge on any atom is -0.327 e. The lowest BCUT2D eigenvalue weighted by atomic mass is 9.81. The van der Waals surface area contributed by atoms with Crippen molar-refractivity contribution in [3.8, 4) is 0 Å². The molecule has 1 fully saturated rings. The fraction of sp³-hybridized carbons (Fsp3) is 1.00. The Hall–Kier alpha value is -0.0800. The van der Waals surface area contributed by atoms with Gasteiger partial charge in [0.25, 0.3) is 0 Å². The van der Waals surface area contributed by atoms with Crippen molar-refractivity contribution in [3.05, 3.63) is 0 Å². The van der Waals surface area contributed by atoms with E-state index in [0.717, 1.165) is 12.5 Å². The van der Waals surface area contributed by atoms with Gasteiger partial charge in [0.2, 0.25) is 0 Å². The van der Waals surface area contributed by atoms with Crippen molar-refractivity contribution in [1.82, 2.24) is 5.32 Å². The quantitative estimate of drug-likeness (QED) is 0.709. The predicted octanol–water partition coefficient (Wildman–Crippen LogP) is 2.00. The smallest absolute Gasteiger partial charge is 0.0110 e. The molecule has 0 amide bonds. The Labute approximate surface area is 88.6 Å². The second-order valence-electron chi connectivity index (χ2n) is 5.09. The average molecular weight is 198 g/mol. The van der Waals surface area contributed by atoms with Gasteiger partial charge >= 0.3 is 0 Å². The van der Waals surface area contributed by atoms with Gasteiger partial charge in [0, 0.05) is 6.04 Å². The lowest BCUT2D eigenvalue weighted by molar-refractivity contribution is 0.245. The fourth-order valence-corrected chi connectivity index (χ4v) is 2.74. The Morgan fingerprint density at radius 1 is 1.29 bits per heavy atom. The maximum Gasteiger partial charge on any atom is 0.0110 e. The third kappa shape index (κ3) is 2.96. The van der Waals surface area contributed by atoms with E-state index in [1.54, 1.807) is 0 Å². The minimum absolute atomic E-state index is 0.407. The Morgan fingerprint density at radius 3 is 2.29 bits per heavy atom. The van der Waals surface area contributed by atoms with E-state index in [9.17, 15) is 0 Å². The summed E-state index contributed by atoms with van der Waals surface area (Å²) in [5, 5.41) is 3.27. The highest BCUT2D eigenvalue weighted by atomic mass is 14.8. The average Bonchev–Trinajstić information content (AvgIpc) is 2.65. The number of hydrogen-bond donors (Lipinski definition) is 2. The molecule has 14 heavy (non-hydrogen) atoms. The first-order valence-electron chi connectivity index (χ1n) is 6.07.